The molecular formula is C22H19N3O5S. The zero-order valence-electron chi connectivity index (χ0n) is 16.8. The van der Waals surface area contributed by atoms with Crippen LogP contribution in [0.2, 0.25) is 0 Å². The van der Waals surface area contributed by atoms with Crippen LogP contribution >= 0.6 is 11.3 Å². The maximum atomic E-state index is 12.6. The van der Waals surface area contributed by atoms with Gasteiger partial charge in [0.25, 0.3) is 5.91 Å². The number of rotatable bonds is 6. The van der Waals surface area contributed by atoms with E-state index in [4.69, 9.17) is 4.74 Å². The zero-order valence-corrected chi connectivity index (χ0v) is 17.6. The highest BCUT2D eigenvalue weighted by Crippen LogP contribution is 2.31. The van der Waals surface area contributed by atoms with Crippen LogP contribution in [0.3, 0.4) is 0 Å². The number of thiophene rings is 1. The summed E-state index contributed by atoms with van der Waals surface area (Å²) in [6.45, 7) is 4.36. The van der Waals surface area contributed by atoms with E-state index in [1.54, 1.807) is 0 Å². The number of ether oxygens (including phenoxy) is 1. The molecule has 0 aliphatic carbocycles. The molecular weight excluding hydrogens is 418 g/mol. The molecule has 4 rings (SSSR count). The second-order valence-corrected chi connectivity index (χ2v) is 7.99. The van der Waals surface area contributed by atoms with Gasteiger partial charge in [-0.15, -0.1) is 0 Å². The van der Waals surface area contributed by atoms with Crippen LogP contribution in [0.25, 0.3) is 21.8 Å². The molecule has 0 radical (unpaired) electrons. The Balaban J connectivity index is 1.51. The number of benzene rings is 2. The number of hydrogen-bond donors (Lipinski definition) is 1. The third-order valence-electron chi connectivity index (χ3n) is 4.98. The fraction of sp³-hybridized carbons (Fsp3) is 0.182. The SMILES string of the molecule is CCn1c2ccccc2c2cc(NC(=O)[C@H](C)OC(=O)c3ccc([N+](=O)[O-])s3)ccc21. The van der Waals surface area contributed by atoms with E-state index >= 15 is 0 Å². The number of amides is 1. The predicted octanol–water partition coefficient (Wildman–Crippen LogP) is 4.97. The number of nitro groups is 1. The van der Waals surface area contributed by atoms with Gasteiger partial charge in [0.15, 0.2) is 6.10 Å². The Morgan fingerprint density at radius 1 is 1.13 bits per heavy atom. The maximum Gasteiger partial charge on any atom is 0.349 e. The number of aromatic nitrogens is 1. The van der Waals surface area contributed by atoms with Gasteiger partial charge in [-0.05, 0) is 44.2 Å². The summed E-state index contributed by atoms with van der Waals surface area (Å²) in [7, 11) is 0. The third kappa shape index (κ3) is 3.87. The van der Waals surface area contributed by atoms with E-state index in [2.05, 4.69) is 22.9 Å². The first-order chi connectivity index (χ1) is 14.9. The summed E-state index contributed by atoms with van der Waals surface area (Å²) in [4.78, 5) is 35.0. The molecule has 8 nitrogen and oxygen atoms in total. The molecule has 2 heterocycles. The van der Waals surface area contributed by atoms with E-state index in [-0.39, 0.29) is 9.88 Å². The molecule has 2 aromatic heterocycles. The molecule has 0 bridgehead atoms. The molecule has 9 heteroatoms. The van der Waals surface area contributed by atoms with Crippen LogP contribution in [0.15, 0.2) is 54.6 Å². The lowest BCUT2D eigenvalue weighted by atomic mass is 10.1. The summed E-state index contributed by atoms with van der Waals surface area (Å²) in [5.41, 5.74) is 2.78. The van der Waals surface area contributed by atoms with Crippen molar-refractivity contribution >= 4 is 55.7 Å². The van der Waals surface area contributed by atoms with Crippen LogP contribution in [0.1, 0.15) is 23.5 Å². The van der Waals surface area contributed by atoms with Gasteiger partial charge in [-0.2, -0.15) is 0 Å². The van der Waals surface area contributed by atoms with Gasteiger partial charge in [-0.3, -0.25) is 14.9 Å². The summed E-state index contributed by atoms with van der Waals surface area (Å²) >= 11 is 0.706. The van der Waals surface area contributed by atoms with Gasteiger partial charge >= 0.3 is 11.0 Å². The van der Waals surface area contributed by atoms with E-state index in [1.807, 2.05) is 36.4 Å². The number of carbonyl (C=O) groups is 2. The molecule has 4 aromatic rings. The lowest BCUT2D eigenvalue weighted by Gasteiger charge is -2.13. The van der Waals surface area contributed by atoms with Crippen molar-refractivity contribution in [2.24, 2.45) is 0 Å². The van der Waals surface area contributed by atoms with Crippen LogP contribution in [-0.4, -0.2) is 27.5 Å². The number of aryl methyl sites for hydroxylation is 1. The normalized spacial score (nSPS) is 12.1. The highest BCUT2D eigenvalue weighted by Gasteiger charge is 2.22. The minimum Gasteiger partial charge on any atom is -0.448 e. The van der Waals surface area contributed by atoms with E-state index < -0.39 is 22.9 Å². The Kier molecular flexibility index (Phi) is 5.43. The van der Waals surface area contributed by atoms with Crippen LogP contribution in [0, 0.1) is 10.1 Å². The number of fused-ring (bicyclic) bond motifs is 3. The molecule has 0 unspecified atom stereocenters. The Morgan fingerprint density at radius 3 is 2.58 bits per heavy atom. The van der Waals surface area contributed by atoms with Crippen LogP contribution < -0.4 is 5.32 Å². The standard InChI is InChI=1S/C22H19N3O5S/c1-3-24-17-7-5-4-6-15(17)16-12-14(8-9-18(16)24)23-21(26)13(2)30-22(27)19-10-11-20(31-19)25(28)29/h4-13H,3H2,1-2H3,(H,23,26)/t13-/m0/s1. The molecule has 1 atom stereocenters. The van der Waals surface area contributed by atoms with Crippen molar-refractivity contribution in [3.05, 3.63) is 69.6 Å². The van der Waals surface area contributed by atoms with E-state index in [0.717, 1.165) is 28.4 Å². The average molecular weight is 437 g/mol. The molecule has 0 saturated carbocycles. The van der Waals surface area contributed by atoms with E-state index in [9.17, 15) is 19.7 Å². The van der Waals surface area contributed by atoms with Crippen molar-refractivity contribution in [1.82, 2.24) is 4.57 Å². The molecule has 2 aromatic carbocycles. The number of esters is 1. The highest BCUT2D eigenvalue weighted by molar-refractivity contribution is 7.17. The lowest BCUT2D eigenvalue weighted by Crippen LogP contribution is -2.29. The predicted molar refractivity (Wildman–Crippen MR) is 120 cm³/mol. The van der Waals surface area contributed by atoms with Gasteiger partial charge in [-0.1, -0.05) is 29.5 Å². The number of carbonyl (C=O) groups excluding carboxylic acids is 2. The molecule has 158 valence electrons. The zero-order chi connectivity index (χ0) is 22.1. The smallest absolute Gasteiger partial charge is 0.349 e. The van der Waals surface area contributed by atoms with Gasteiger partial charge in [-0.25, -0.2) is 4.79 Å². The maximum absolute atomic E-state index is 12.6. The van der Waals surface area contributed by atoms with Gasteiger partial charge in [0.2, 0.25) is 0 Å². The summed E-state index contributed by atoms with van der Waals surface area (Å²) in [5.74, 6) is -1.26. The first kappa shape index (κ1) is 20.5. The summed E-state index contributed by atoms with van der Waals surface area (Å²) < 4.78 is 7.38. The van der Waals surface area contributed by atoms with Crippen molar-refractivity contribution in [1.29, 1.82) is 0 Å². The fourth-order valence-corrected chi connectivity index (χ4v) is 4.23. The molecule has 0 spiro atoms. The molecule has 0 aliphatic heterocycles. The molecule has 0 fully saturated rings. The molecule has 1 N–H and O–H groups in total. The van der Waals surface area contributed by atoms with Crippen LogP contribution in [0.4, 0.5) is 10.7 Å². The second-order valence-electron chi connectivity index (χ2n) is 6.93. The van der Waals surface area contributed by atoms with Crippen LogP contribution in [0.5, 0.6) is 0 Å². The van der Waals surface area contributed by atoms with Gasteiger partial charge in [0.05, 0.1) is 4.92 Å². The number of hydrogen-bond acceptors (Lipinski definition) is 6. The average Bonchev–Trinajstić information content (AvgIpc) is 3.37. The van der Waals surface area contributed by atoms with Crippen molar-refractivity contribution < 1.29 is 19.2 Å². The van der Waals surface area contributed by atoms with Crippen molar-refractivity contribution in [2.45, 2.75) is 26.5 Å². The first-order valence-corrected chi connectivity index (χ1v) is 10.5. The second kappa shape index (κ2) is 8.19. The number of anilines is 1. The Labute approximate surface area is 181 Å². The highest BCUT2D eigenvalue weighted by atomic mass is 32.1. The first-order valence-electron chi connectivity index (χ1n) is 9.66. The molecule has 0 saturated heterocycles. The third-order valence-corrected chi connectivity index (χ3v) is 6.00. The number of nitrogens with zero attached hydrogens (tertiary/aromatic N) is 2. The lowest BCUT2D eigenvalue weighted by molar-refractivity contribution is -0.380. The summed E-state index contributed by atoms with van der Waals surface area (Å²) in [6.07, 6.45) is -1.07. The minimum atomic E-state index is -1.07. The summed E-state index contributed by atoms with van der Waals surface area (Å²) in [5, 5.41) is 15.5. The minimum absolute atomic E-state index is 0.0696. The Morgan fingerprint density at radius 2 is 1.87 bits per heavy atom. The fourth-order valence-electron chi connectivity index (χ4n) is 3.52. The van der Waals surface area contributed by atoms with Gasteiger partial charge in [0, 0.05) is 40.1 Å². The van der Waals surface area contributed by atoms with Gasteiger partial charge in [0.1, 0.15) is 4.88 Å². The Bertz CT molecular complexity index is 1320. The monoisotopic (exact) mass is 437 g/mol. The molecule has 1 amide bonds. The van der Waals surface area contributed by atoms with Crippen molar-refractivity contribution in [2.75, 3.05) is 5.32 Å². The van der Waals surface area contributed by atoms with Crippen LogP contribution in [-0.2, 0) is 16.1 Å². The largest absolute Gasteiger partial charge is 0.448 e. The Hall–Kier alpha value is -3.72. The number of para-hydroxylation sites is 1. The molecule has 0 aliphatic rings. The summed E-state index contributed by atoms with van der Waals surface area (Å²) in [6, 6.07) is 16.3. The molecule has 31 heavy (non-hydrogen) atoms. The topological polar surface area (TPSA) is 103 Å². The van der Waals surface area contributed by atoms with Crippen molar-refractivity contribution in [3.63, 3.8) is 0 Å². The van der Waals surface area contributed by atoms with Gasteiger partial charge < -0.3 is 14.6 Å². The quantitative estimate of drug-likeness (QED) is 0.261. The number of nitrogens with one attached hydrogen (secondary N) is 1. The van der Waals surface area contributed by atoms with E-state index in [1.165, 1.54) is 19.1 Å². The van der Waals surface area contributed by atoms with E-state index in [0.29, 0.717) is 17.0 Å². The van der Waals surface area contributed by atoms with Crippen molar-refractivity contribution in [3.8, 4) is 0 Å².